The molecule has 11 heteroatoms. The quantitative estimate of drug-likeness (QED) is 0.245. The van der Waals surface area contributed by atoms with E-state index in [0.29, 0.717) is 0 Å². The van der Waals surface area contributed by atoms with Gasteiger partial charge in [-0.25, -0.2) is 9.59 Å². The van der Waals surface area contributed by atoms with Gasteiger partial charge in [0.25, 0.3) is 0 Å². The third-order valence-corrected chi connectivity index (χ3v) is 4.33. The largest absolute Gasteiger partial charge is 0.533 e. The van der Waals surface area contributed by atoms with Gasteiger partial charge in [0.05, 0.1) is 13.2 Å². The normalized spacial score (nSPS) is 24.1. The Labute approximate surface area is 161 Å². The smallest absolute Gasteiger partial charge is 0.433 e. The van der Waals surface area contributed by atoms with Crippen molar-refractivity contribution in [1.82, 2.24) is 9.55 Å². The van der Waals surface area contributed by atoms with Gasteiger partial charge in [0.2, 0.25) is 0 Å². The summed E-state index contributed by atoms with van der Waals surface area (Å²) < 4.78 is 11.1. The van der Waals surface area contributed by atoms with Gasteiger partial charge in [-0.1, -0.05) is 32.6 Å². The SMILES string of the molecule is CCCCCCCOC(=O)ONc1ccn(C2OC(CO)C(O)C2O)c(=O)n1. The summed E-state index contributed by atoms with van der Waals surface area (Å²) in [6, 6.07) is 1.31. The molecule has 0 spiro atoms. The molecule has 0 radical (unpaired) electrons. The van der Waals surface area contributed by atoms with Gasteiger partial charge in [0.1, 0.15) is 18.3 Å². The molecular formula is C17H27N3O8. The van der Waals surface area contributed by atoms with E-state index >= 15 is 0 Å². The number of aliphatic hydroxyl groups excluding tert-OH is 3. The van der Waals surface area contributed by atoms with Crippen molar-refractivity contribution in [2.45, 2.75) is 63.6 Å². The maximum atomic E-state index is 12.1. The summed E-state index contributed by atoms with van der Waals surface area (Å²) in [5.74, 6) is -0.0483. The first kappa shape index (κ1) is 22.1. The first-order valence-electron chi connectivity index (χ1n) is 9.29. The number of carbonyl (C=O) groups is 1. The Bertz CT molecular complexity index is 683. The minimum absolute atomic E-state index is 0.0483. The number of unbranched alkanes of at least 4 members (excludes halogenated alkanes) is 4. The van der Waals surface area contributed by atoms with Crippen LogP contribution in [-0.4, -0.2) is 62.6 Å². The van der Waals surface area contributed by atoms with Crippen LogP contribution in [0.3, 0.4) is 0 Å². The van der Waals surface area contributed by atoms with Crippen LogP contribution in [0.15, 0.2) is 17.1 Å². The lowest BCUT2D eigenvalue weighted by Gasteiger charge is -2.17. The summed E-state index contributed by atoms with van der Waals surface area (Å²) in [6.07, 6.45) is 0.443. The molecule has 2 heterocycles. The summed E-state index contributed by atoms with van der Waals surface area (Å²) in [5.41, 5.74) is 1.40. The van der Waals surface area contributed by atoms with Crippen LogP contribution < -0.4 is 11.2 Å². The zero-order chi connectivity index (χ0) is 20.5. The fourth-order valence-corrected chi connectivity index (χ4v) is 2.76. The Morgan fingerprint density at radius 2 is 2.04 bits per heavy atom. The minimum Gasteiger partial charge on any atom is -0.433 e. The van der Waals surface area contributed by atoms with Gasteiger partial charge in [0.15, 0.2) is 12.0 Å². The Morgan fingerprint density at radius 1 is 1.29 bits per heavy atom. The predicted octanol–water partition coefficient (Wildman–Crippen LogP) is 0.305. The van der Waals surface area contributed by atoms with Gasteiger partial charge in [0, 0.05) is 12.3 Å². The monoisotopic (exact) mass is 401 g/mol. The van der Waals surface area contributed by atoms with Gasteiger partial charge < -0.3 is 29.6 Å². The molecule has 1 aliphatic rings. The van der Waals surface area contributed by atoms with E-state index in [1.807, 2.05) is 0 Å². The number of nitrogens with one attached hydrogen (secondary N) is 1. The summed E-state index contributed by atoms with van der Waals surface area (Å²) in [6.45, 7) is 1.85. The molecular weight excluding hydrogens is 374 g/mol. The minimum atomic E-state index is -1.40. The highest BCUT2D eigenvalue weighted by Gasteiger charge is 2.43. The molecule has 0 aromatic carbocycles. The van der Waals surface area contributed by atoms with E-state index in [-0.39, 0.29) is 12.4 Å². The van der Waals surface area contributed by atoms with Crippen LogP contribution in [0.4, 0.5) is 10.6 Å². The molecule has 4 atom stereocenters. The van der Waals surface area contributed by atoms with Crippen molar-refractivity contribution in [2.24, 2.45) is 0 Å². The summed E-state index contributed by atoms with van der Waals surface area (Å²) >= 11 is 0. The van der Waals surface area contributed by atoms with Crippen molar-refractivity contribution in [3.63, 3.8) is 0 Å². The summed E-state index contributed by atoms with van der Waals surface area (Å²) in [4.78, 5) is 31.9. The molecule has 11 nitrogen and oxygen atoms in total. The van der Waals surface area contributed by atoms with Crippen LogP contribution in [0.5, 0.6) is 0 Å². The van der Waals surface area contributed by atoms with E-state index in [9.17, 15) is 19.8 Å². The van der Waals surface area contributed by atoms with E-state index in [2.05, 4.69) is 22.2 Å². The van der Waals surface area contributed by atoms with Crippen LogP contribution in [-0.2, 0) is 14.3 Å². The number of rotatable bonds is 10. The average molecular weight is 401 g/mol. The van der Waals surface area contributed by atoms with Crippen molar-refractivity contribution < 1.29 is 34.4 Å². The third-order valence-electron chi connectivity index (χ3n) is 4.33. The molecule has 28 heavy (non-hydrogen) atoms. The van der Waals surface area contributed by atoms with Gasteiger partial charge in [-0.15, -0.1) is 0 Å². The molecule has 1 aliphatic heterocycles. The Morgan fingerprint density at radius 3 is 2.68 bits per heavy atom. The lowest BCUT2D eigenvalue weighted by Crippen LogP contribution is -2.36. The van der Waals surface area contributed by atoms with Gasteiger partial charge in [-0.3, -0.25) is 4.57 Å². The van der Waals surface area contributed by atoms with E-state index < -0.39 is 43.0 Å². The van der Waals surface area contributed by atoms with Crippen LogP contribution >= 0.6 is 0 Å². The second-order valence-corrected chi connectivity index (χ2v) is 6.45. The number of aliphatic hydroxyl groups is 3. The van der Waals surface area contributed by atoms with Gasteiger partial charge in [-0.2, -0.15) is 10.5 Å². The highest BCUT2D eigenvalue weighted by atomic mass is 16.8. The van der Waals surface area contributed by atoms with Gasteiger partial charge in [-0.05, 0) is 6.42 Å². The van der Waals surface area contributed by atoms with Crippen molar-refractivity contribution in [1.29, 1.82) is 0 Å². The standard InChI is InChI=1S/C17H27N3O8/c1-2-3-4-5-6-9-26-17(25)28-19-12-7-8-20(16(24)18-12)15-14(23)13(22)11(10-21)27-15/h7-8,11,13-15,21-23H,2-6,9-10H2,1H3,(H,18,19,24). The maximum Gasteiger partial charge on any atom is 0.533 e. The first-order chi connectivity index (χ1) is 13.5. The van der Waals surface area contributed by atoms with E-state index in [0.717, 1.165) is 36.7 Å². The van der Waals surface area contributed by atoms with Crippen molar-refractivity contribution in [2.75, 3.05) is 18.7 Å². The zero-order valence-electron chi connectivity index (χ0n) is 15.7. The Hall–Kier alpha value is -2.21. The van der Waals surface area contributed by atoms with Crippen LogP contribution in [0.1, 0.15) is 45.3 Å². The Balaban J connectivity index is 1.81. The molecule has 0 amide bonds. The highest BCUT2D eigenvalue weighted by molar-refractivity contribution is 5.61. The number of aromatic nitrogens is 2. The molecule has 4 N–H and O–H groups in total. The molecule has 2 rings (SSSR count). The Kier molecular flexibility index (Phi) is 8.64. The lowest BCUT2D eigenvalue weighted by atomic mass is 10.1. The average Bonchev–Trinajstić information content (AvgIpc) is 2.97. The lowest BCUT2D eigenvalue weighted by molar-refractivity contribution is -0.0549. The number of hydrogen-bond donors (Lipinski definition) is 4. The molecule has 1 saturated heterocycles. The molecule has 1 fully saturated rings. The van der Waals surface area contributed by atoms with Crippen molar-refractivity contribution in [3.8, 4) is 0 Å². The molecule has 0 bridgehead atoms. The highest BCUT2D eigenvalue weighted by Crippen LogP contribution is 2.28. The molecule has 158 valence electrons. The molecule has 1 aromatic rings. The predicted molar refractivity (Wildman–Crippen MR) is 96.3 cm³/mol. The summed E-state index contributed by atoms with van der Waals surface area (Å²) in [5, 5.41) is 28.8. The fraction of sp³-hybridized carbons (Fsp3) is 0.706. The van der Waals surface area contributed by atoms with E-state index in [1.54, 1.807) is 0 Å². The second kappa shape index (κ2) is 11.0. The number of ether oxygens (including phenoxy) is 2. The number of anilines is 1. The second-order valence-electron chi connectivity index (χ2n) is 6.45. The van der Waals surface area contributed by atoms with Crippen molar-refractivity contribution >= 4 is 12.0 Å². The van der Waals surface area contributed by atoms with E-state index in [1.165, 1.54) is 12.3 Å². The molecule has 4 unspecified atom stereocenters. The zero-order valence-corrected chi connectivity index (χ0v) is 15.7. The van der Waals surface area contributed by atoms with Crippen LogP contribution in [0.2, 0.25) is 0 Å². The number of hydrogen-bond acceptors (Lipinski definition) is 10. The van der Waals surface area contributed by atoms with Crippen molar-refractivity contribution in [3.05, 3.63) is 22.7 Å². The van der Waals surface area contributed by atoms with Gasteiger partial charge >= 0.3 is 11.8 Å². The molecule has 0 saturated carbocycles. The van der Waals surface area contributed by atoms with Crippen LogP contribution in [0.25, 0.3) is 0 Å². The maximum absolute atomic E-state index is 12.1. The fourth-order valence-electron chi connectivity index (χ4n) is 2.76. The molecule has 1 aromatic heterocycles. The number of nitrogens with zero attached hydrogens (tertiary/aromatic N) is 2. The first-order valence-corrected chi connectivity index (χ1v) is 9.29. The summed E-state index contributed by atoms with van der Waals surface area (Å²) in [7, 11) is 0. The van der Waals surface area contributed by atoms with E-state index in [4.69, 9.17) is 14.6 Å². The molecule has 0 aliphatic carbocycles. The van der Waals surface area contributed by atoms with Crippen LogP contribution in [0, 0.1) is 0 Å². The topological polar surface area (TPSA) is 152 Å². The third kappa shape index (κ3) is 5.89. The number of carbonyl (C=O) groups excluding carboxylic acids is 1.